The monoisotopic (exact) mass is 261 g/mol. The highest BCUT2D eigenvalue weighted by Gasteiger charge is 2.32. The molecule has 2 fully saturated rings. The molecule has 17 heavy (non-hydrogen) atoms. The summed E-state index contributed by atoms with van der Waals surface area (Å²) in [5.74, 6) is 0.0892. The van der Waals surface area contributed by atoms with Crippen molar-refractivity contribution in [3.63, 3.8) is 0 Å². The van der Waals surface area contributed by atoms with E-state index in [4.69, 9.17) is 0 Å². The summed E-state index contributed by atoms with van der Waals surface area (Å²) in [6.07, 6.45) is 3.30. The van der Waals surface area contributed by atoms with E-state index in [0.29, 0.717) is 18.9 Å². The summed E-state index contributed by atoms with van der Waals surface area (Å²) in [7, 11) is 1.93. The van der Waals surface area contributed by atoms with Crippen LogP contribution in [0.15, 0.2) is 0 Å². The molecule has 2 amide bonds. The predicted octanol–water partition coefficient (Wildman–Crippen LogP) is -0.103. The zero-order chi connectivity index (χ0) is 11.5. The number of amides is 2. The summed E-state index contributed by atoms with van der Waals surface area (Å²) in [6.45, 7) is 1.59. The minimum absolute atomic E-state index is 0. The van der Waals surface area contributed by atoms with Crippen LogP contribution >= 0.6 is 12.4 Å². The van der Waals surface area contributed by atoms with Gasteiger partial charge < -0.3 is 15.5 Å². The number of hydrogen-bond donors (Lipinski definition) is 2. The van der Waals surface area contributed by atoms with Gasteiger partial charge in [0.1, 0.15) is 6.04 Å². The van der Waals surface area contributed by atoms with Crippen LogP contribution < -0.4 is 10.6 Å². The van der Waals surface area contributed by atoms with Gasteiger partial charge in [0, 0.05) is 25.6 Å². The number of carbonyl (C=O) groups is 2. The van der Waals surface area contributed by atoms with Gasteiger partial charge in [0.05, 0.1) is 0 Å². The Morgan fingerprint density at radius 3 is 2.82 bits per heavy atom. The van der Waals surface area contributed by atoms with Gasteiger partial charge in [-0.1, -0.05) is 0 Å². The van der Waals surface area contributed by atoms with Crippen LogP contribution in [0.1, 0.15) is 25.7 Å². The van der Waals surface area contributed by atoms with Crippen molar-refractivity contribution in [1.82, 2.24) is 15.5 Å². The Morgan fingerprint density at radius 2 is 2.24 bits per heavy atom. The zero-order valence-electron chi connectivity index (χ0n) is 10.1. The molecule has 2 aliphatic heterocycles. The maximum Gasteiger partial charge on any atom is 0.245 e. The fourth-order valence-electron chi connectivity index (χ4n) is 2.43. The smallest absolute Gasteiger partial charge is 0.245 e. The zero-order valence-corrected chi connectivity index (χ0v) is 10.9. The molecule has 0 bridgehead atoms. The van der Waals surface area contributed by atoms with Gasteiger partial charge in [0.25, 0.3) is 0 Å². The van der Waals surface area contributed by atoms with Crippen LogP contribution in [0.3, 0.4) is 0 Å². The van der Waals surface area contributed by atoms with Crippen molar-refractivity contribution >= 4 is 24.2 Å². The molecule has 6 heteroatoms. The van der Waals surface area contributed by atoms with Crippen LogP contribution in [-0.4, -0.2) is 48.9 Å². The van der Waals surface area contributed by atoms with Crippen molar-refractivity contribution < 1.29 is 9.59 Å². The third-order valence-corrected chi connectivity index (χ3v) is 3.43. The van der Waals surface area contributed by atoms with E-state index in [-0.39, 0.29) is 30.3 Å². The molecule has 98 valence electrons. The van der Waals surface area contributed by atoms with Crippen molar-refractivity contribution in [1.29, 1.82) is 0 Å². The number of hydrogen-bond acceptors (Lipinski definition) is 3. The molecular formula is C11H20ClN3O2. The number of piperidine rings is 1. The Hall–Kier alpha value is -0.810. The summed E-state index contributed by atoms with van der Waals surface area (Å²) in [6, 6.07) is 0.123. The SMILES string of the molecule is CNC1CCCN(C(=O)C2CCC(=O)N2)C1.Cl. The second kappa shape index (κ2) is 6.21. The van der Waals surface area contributed by atoms with E-state index in [1.165, 1.54) is 0 Å². The third kappa shape index (κ3) is 3.33. The Morgan fingerprint density at radius 1 is 1.47 bits per heavy atom. The lowest BCUT2D eigenvalue weighted by molar-refractivity contribution is -0.135. The highest BCUT2D eigenvalue weighted by molar-refractivity contribution is 5.90. The number of likely N-dealkylation sites (tertiary alicyclic amines) is 1. The number of likely N-dealkylation sites (N-methyl/N-ethyl adjacent to an activating group) is 1. The van der Waals surface area contributed by atoms with E-state index in [2.05, 4.69) is 10.6 Å². The van der Waals surface area contributed by atoms with Crippen molar-refractivity contribution in [2.75, 3.05) is 20.1 Å². The highest BCUT2D eigenvalue weighted by Crippen LogP contribution is 2.15. The van der Waals surface area contributed by atoms with Crippen LogP contribution in [-0.2, 0) is 9.59 Å². The van der Waals surface area contributed by atoms with E-state index in [0.717, 1.165) is 25.9 Å². The van der Waals surface area contributed by atoms with Gasteiger partial charge in [-0.05, 0) is 26.3 Å². The summed E-state index contributed by atoms with van der Waals surface area (Å²) in [5, 5.41) is 5.94. The molecule has 2 saturated heterocycles. The standard InChI is InChI=1S/C11H19N3O2.ClH/c1-12-8-3-2-6-14(7-8)11(16)9-4-5-10(15)13-9;/h8-9,12H,2-7H2,1H3,(H,13,15);1H. The Bertz CT molecular complexity index is 298. The van der Waals surface area contributed by atoms with Crippen LogP contribution in [0.2, 0.25) is 0 Å². The van der Waals surface area contributed by atoms with E-state index in [1.54, 1.807) is 0 Å². The average molecular weight is 262 g/mol. The first-order chi connectivity index (χ1) is 7.70. The lowest BCUT2D eigenvalue weighted by atomic mass is 10.0. The molecule has 0 radical (unpaired) electrons. The summed E-state index contributed by atoms with van der Waals surface area (Å²) in [5.41, 5.74) is 0. The Kier molecular flexibility index (Phi) is 5.21. The van der Waals surface area contributed by atoms with E-state index in [9.17, 15) is 9.59 Å². The van der Waals surface area contributed by atoms with Gasteiger partial charge in [-0.3, -0.25) is 9.59 Å². The van der Waals surface area contributed by atoms with Crippen LogP contribution in [0.25, 0.3) is 0 Å². The second-order valence-electron chi connectivity index (χ2n) is 4.57. The van der Waals surface area contributed by atoms with Gasteiger partial charge in [0.15, 0.2) is 0 Å². The summed E-state index contributed by atoms with van der Waals surface area (Å²) < 4.78 is 0. The molecule has 0 aliphatic carbocycles. The Labute approximate surface area is 108 Å². The minimum atomic E-state index is -0.275. The maximum atomic E-state index is 12.1. The van der Waals surface area contributed by atoms with Crippen LogP contribution in [0.5, 0.6) is 0 Å². The molecule has 0 saturated carbocycles. The third-order valence-electron chi connectivity index (χ3n) is 3.43. The van der Waals surface area contributed by atoms with E-state index < -0.39 is 0 Å². The quantitative estimate of drug-likeness (QED) is 0.730. The first-order valence-electron chi connectivity index (χ1n) is 5.96. The van der Waals surface area contributed by atoms with Crippen LogP contribution in [0, 0.1) is 0 Å². The summed E-state index contributed by atoms with van der Waals surface area (Å²) in [4.78, 5) is 25.0. The number of halogens is 1. The lowest BCUT2D eigenvalue weighted by Gasteiger charge is -2.34. The normalized spacial score (nSPS) is 28.5. The molecule has 0 spiro atoms. The second-order valence-corrected chi connectivity index (χ2v) is 4.57. The van der Waals surface area contributed by atoms with E-state index in [1.807, 2.05) is 11.9 Å². The van der Waals surface area contributed by atoms with Crippen molar-refractivity contribution in [2.24, 2.45) is 0 Å². The molecule has 0 aromatic heterocycles. The Balaban J connectivity index is 0.00000144. The minimum Gasteiger partial charge on any atom is -0.344 e. The lowest BCUT2D eigenvalue weighted by Crippen LogP contribution is -2.52. The largest absolute Gasteiger partial charge is 0.344 e. The molecule has 0 aromatic carbocycles. The van der Waals surface area contributed by atoms with Crippen molar-refractivity contribution in [3.05, 3.63) is 0 Å². The molecule has 2 rings (SSSR count). The maximum absolute atomic E-state index is 12.1. The highest BCUT2D eigenvalue weighted by atomic mass is 35.5. The van der Waals surface area contributed by atoms with Crippen LogP contribution in [0.4, 0.5) is 0 Å². The summed E-state index contributed by atoms with van der Waals surface area (Å²) >= 11 is 0. The average Bonchev–Trinajstić information content (AvgIpc) is 2.75. The fraction of sp³-hybridized carbons (Fsp3) is 0.818. The molecule has 2 heterocycles. The number of carbonyl (C=O) groups excluding carboxylic acids is 2. The molecule has 2 atom stereocenters. The molecule has 2 unspecified atom stereocenters. The number of nitrogens with zero attached hydrogens (tertiary/aromatic N) is 1. The van der Waals surface area contributed by atoms with Gasteiger partial charge in [-0.15, -0.1) is 12.4 Å². The predicted molar refractivity (Wildman–Crippen MR) is 67.1 cm³/mol. The van der Waals surface area contributed by atoms with Gasteiger partial charge in [-0.2, -0.15) is 0 Å². The molecule has 2 N–H and O–H groups in total. The van der Waals surface area contributed by atoms with Gasteiger partial charge >= 0.3 is 0 Å². The fourth-order valence-corrected chi connectivity index (χ4v) is 2.43. The molecular weight excluding hydrogens is 242 g/mol. The molecule has 2 aliphatic rings. The molecule has 5 nitrogen and oxygen atoms in total. The van der Waals surface area contributed by atoms with Crippen molar-refractivity contribution in [2.45, 2.75) is 37.8 Å². The number of rotatable bonds is 2. The first-order valence-corrected chi connectivity index (χ1v) is 5.96. The molecule has 0 aromatic rings. The van der Waals surface area contributed by atoms with E-state index >= 15 is 0 Å². The topological polar surface area (TPSA) is 61.4 Å². The van der Waals surface area contributed by atoms with Gasteiger partial charge in [0.2, 0.25) is 11.8 Å². The number of nitrogens with one attached hydrogen (secondary N) is 2. The first kappa shape index (κ1) is 14.3. The van der Waals surface area contributed by atoms with Crippen molar-refractivity contribution in [3.8, 4) is 0 Å². The van der Waals surface area contributed by atoms with Gasteiger partial charge in [-0.25, -0.2) is 0 Å².